The predicted molar refractivity (Wildman–Crippen MR) is 82.8 cm³/mol. The van der Waals surface area contributed by atoms with Crippen molar-refractivity contribution in [3.63, 3.8) is 0 Å². The van der Waals surface area contributed by atoms with Gasteiger partial charge in [-0.25, -0.2) is 4.79 Å². The molecule has 0 spiro atoms. The van der Waals surface area contributed by atoms with Gasteiger partial charge in [0.2, 0.25) is 0 Å². The SMILES string of the molecule is O=C(Oc1ccccc1)Oc1sccc1-c1ccccc1. The summed E-state index contributed by atoms with van der Waals surface area (Å²) in [6.45, 7) is 0. The second-order valence-corrected chi connectivity index (χ2v) is 5.13. The number of carbonyl (C=O) groups is 1. The Morgan fingerprint density at radius 2 is 1.48 bits per heavy atom. The van der Waals surface area contributed by atoms with Gasteiger partial charge < -0.3 is 9.47 Å². The molecule has 0 aliphatic rings. The minimum Gasteiger partial charge on any atom is -0.395 e. The lowest BCUT2D eigenvalue weighted by molar-refractivity contribution is 0.153. The zero-order valence-electron chi connectivity index (χ0n) is 11.1. The largest absolute Gasteiger partial charge is 0.520 e. The zero-order chi connectivity index (χ0) is 14.5. The fourth-order valence-corrected chi connectivity index (χ4v) is 2.64. The highest BCUT2D eigenvalue weighted by molar-refractivity contribution is 7.12. The number of hydrogen-bond acceptors (Lipinski definition) is 4. The van der Waals surface area contributed by atoms with E-state index in [4.69, 9.17) is 9.47 Å². The molecule has 3 rings (SSSR count). The topological polar surface area (TPSA) is 35.5 Å². The highest BCUT2D eigenvalue weighted by Gasteiger charge is 2.14. The van der Waals surface area contributed by atoms with Crippen LogP contribution in [0.2, 0.25) is 0 Å². The molecular formula is C17H12O3S. The molecule has 0 atom stereocenters. The van der Waals surface area contributed by atoms with Crippen LogP contribution >= 0.6 is 11.3 Å². The summed E-state index contributed by atoms with van der Waals surface area (Å²) in [6, 6.07) is 20.5. The normalized spacial score (nSPS) is 10.1. The maximum absolute atomic E-state index is 11.8. The van der Waals surface area contributed by atoms with Crippen LogP contribution in [0.5, 0.6) is 10.8 Å². The molecule has 0 N–H and O–H groups in total. The Labute approximate surface area is 126 Å². The van der Waals surface area contributed by atoms with E-state index in [-0.39, 0.29) is 0 Å². The van der Waals surface area contributed by atoms with Gasteiger partial charge in [-0.3, -0.25) is 0 Å². The van der Waals surface area contributed by atoms with Crippen molar-refractivity contribution >= 4 is 17.5 Å². The molecule has 0 fully saturated rings. The van der Waals surface area contributed by atoms with E-state index in [1.54, 1.807) is 24.3 Å². The van der Waals surface area contributed by atoms with Crippen molar-refractivity contribution in [3.05, 3.63) is 72.1 Å². The molecule has 4 heteroatoms. The van der Waals surface area contributed by atoms with Crippen molar-refractivity contribution in [2.75, 3.05) is 0 Å². The average molecular weight is 296 g/mol. The minimum atomic E-state index is -0.735. The molecule has 2 aromatic carbocycles. The minimum absolute atomic E-state index is 0.459. The molecular weight excluding hydrogens is 284 g/mol. The Morgan fingerprint density at radius 3 is 2.19 bits per heavy atom. The summed E-state index contributed by atoms with van der Waals surface area (Å²) < 4.78 is 10.4. The fraction of sp³-hybridized carbons (Fsp3) is 0. The molecule has 0 radical (unpaired) electrons. The van der Waals surface area contributed by atoms with Gasteiger partial charge in [-0.1, -0.05) is 48.5 Å². The molecule has 3 nitrogen and oxygen atoms in total. The lowest BCUT2D eigenvalue weighted by Gasteiger charge is -2.06. The maximum Gasteiger partial charge on any atom is 0.520 e. The summed E-state index contributed by atoms with van der Waals surface area (Å²) in [4.78, 5) is 11.8. The molecule has 1 aromatic heterocycles. The number of para-hydroxylation sites is 1. The van der Waals surface area contributed by atoms with E-state index < -0.39 is 6.16 Å². The van der Waals surface area contributed by atoms with Crippen LogP contribution in [0.4, 0.5) is 4.79 Å². The van der Waals surface area contributed by atoms with E-state index in [0.29, 0.717) is 10.8 Å². The number of hydrogen-bond donors (Lipinski definition) is 0. The monoisotopic (exact) mass is 296 g/mol. The lowest BCUT2D eigenvalue weighted by atomic mass is 10.1. The van der Waals surface area contributed by atoms with Crippen molar-refractivity contribution in [1.29, 1.82) is 0 Å². The maximum atomic E-state index is 11.8. The molecule has 21 heavy (non-hydrogen) atoms. The van der Waals surface area contributed by atoms with Crippen molar-refractivity contribution in [3.8, 4) is 21.9 Å². The van der Waals surface area contributed by atoms with Crippen LogP contribution in [0.15, 0.2) is 72.1 Å². The second kappa shape index (κ2) is 6.24. The van der Waals surface area contributed by atoms with Gasteiger partial charge in [-0.15, -0.1) is 11.3 Å². The van der Waals surface area contributed by atoms with E-state index in [9.17, 15) is 4.79 Å². The standard InChI is InChI=1S/C17H12O3S/c18-17(19-14-9-5-2-6-10-14)20-16-15(11-12-21-16)13-7-3-1-4-8-13/h1-12H. The Hall–Kier alpha value is -2.59. The van der Waals surface area contributed by atoms with Crippen LogP contribution in [0.1, 0.15) is 0 Å². The third-order valence-electron chi connectivity index (χ3n) is 2.83. The molecule has 0 aliphatic heterocycles. The van der Waals surface area contributed by atoms with E-state index in [2.05, 4.69) is 0 Å². The third-order valence-corrected chi connectivity index (χ3v) is 3.62. The summed E-state index contributed by atoms with van der Waals surface area (Å²) in [5, 5.41) is 2.41. The molecule has 3 aromatic rings. The first-order valence-electron chi connectivity index (χ1n) is 6.40. The Bertz CT molecular complexity index is 720. The van der Waals surface area contributed by atoms with Crippen LogP contribution in [0.25, 0.3) is 11.1 Å². The number of carbonyl (C=O) groups excluding carboxylic acids is 1. The summed E-state index contributed by atoms with van der Waals surface area (Å²) >= 11 is 1.36. The average Bonchev–Trinajstić information content (AvgIpc) is 2.97. The van der Waals surface area contributed by atoms with E-state index >= 15 is 0 Å². The number of ether oxygens (including phenoxy) is 2. The smallest absolute Gasteiger partial charge is 0.395 e. The van der Waals surface area contributed by atoms with Crippen LogP contribution in [-0.2, 0) is 0 Å². The van der Waals surface area contributed by atoms with E-state index in [0.717, 1.165) is 11.1 Å². The van der Waals surface area contributed by atoms with Gasteiger partial charge in [0.15, 0.2) is 5.06 Å². The molecule has 0 bridgehead atoms. The number of rotatable bonds is 3. The highest BCUT2D eigenvalue weighted by atomic mass is 32.1. The van der Waals surface area contributed by atoms with Crippen LogP contribution in [0, 0.1) is 0 Å². The third kappa shape index (κ3) is 3.30. The Morgan fingerprint density at radius 1 is 0.810 bits per heavy atom. The summed E-state index contributed by atoms with van der Waals surface area (Å²) in [5.41, 5.74) is 1.88. The van der Waals surface area contributed by atoms with Gasteiger partial charge in [0.05, 0.1) is 0 Å². The second-order valence-electron chi connectivity index (χ2n) is 4.25. The molecule has 0 saturated heterocycles. The molecule has 0 amide bonds. The lowest BCUT2D eigenvalue weighted by Crippen LogP contribution is -2.13. The van der Waals surface area contributed by atoms with Gasteiger partial charge in [0.1, 0.15) is 5.75 Å². The molecule has 104 valence electrons. The van der Waals surface area contributed by atoms with Crippen molar-refractivity contribution in [1.82, 2.24) is 0 Å². The summed E-state index contributed by atoms with van der Waals surface area (Å²) in [6.07, 6.45) is -0.735. The molecule has 1 heterocycles. The fourth-order valence-electron chi connectivity index (χ4n) is 1.89. The Balaban J connectivity index is 1.74. The first-order valence-corrected chi connectivity index (χ1v) is 7.28. The van der Waals surface area contributed by atoms with E-state index in [1.165, 1.54) is 11.3 Å². The first-order chi connectivity index (χ1) is 10.3. The van der Waals surface area contributed by atoms with Crippen molar-refractivity contribution < 1.29 is 14.3 Å². The van der Waals surface area contributed by atoms with Gasteiger partial charge >= 0.3 is 6.16 Å². The molecule has 0 saturated carbocycles. The van der Waals surface area contributed by atoms with E-state index in [1.807, 2.05) is 47.8 Å². The first kappa shape index (κ1) is 13.4. The van der Waals surface area contributed by atoms with Crippen LogP contribution < -0.4 is 9.47 Å². The number of thiophene rings is 1. The quantitative estimate of drug-likeness (QED) is 0.504. The predicted octanol–water partition coefficient (Wildman–Crippen LogP) is 4.99. The Kier molecular flexibility index (Phi) is 3.98. The van der Waals surface area contributed by atoms with Gasteiger partial charge in [0.25, 0.3) is 0 Å². The molecule has 0 aliphatic carbocycles. The zero-order valence-corrected chi connectivity index (χ0v) is 11.9. The summed E-state index contributed by atoms with van der Waals surface area (Å²) in [7, 11) is 0. The van der Waals surface area contributed by atoms with Crippen molar-refractivity contribution in [2.45, 2.75) is 0 Å². The van der Waals surface area contributed by atoms with Gasteiger partial charge in [0, 0.05) is 5.56 Å². The van der Waals surface area contributed by atoms with Gasteiger partial charge in [-0.05, 0) is 29.1 Å². The molecule has 0 unspecified atom stereocenters. The van der Waals surface area contributed by atoms with Crippen LogP contribution in [0.3, 0.4) is 0 Å². The summed E-state index contributed by atoms with van der Waals surface area (Å²) in [5.74, 6) is 0.459. The van der Waals surface area contributed by atoms with Crippen LogP contribution in [-0.4, -0.2) is 6.16 Å². The highest BCUT2D eigenvalue weighted by Crippen LogP contribution is 2.35. The van der Waals surface area contributed by atoms with Gasteiger partial charge in [-0.2, -0.15) is 0 Å². The van der Waals surface area contributed by atoms with Crippen molar-refractivity contribution in [2.24, 2.45) is 0 Å². The number of benzene rings is 2.